The summed E-state index contributed by atoms with van der Waals surface area (Å²) in [7, 11) is 0. The quantitative estimate of drug-likeness (QED) is 0.782. The number of carbonyl (C=O) groups is 1. The van der Waals surface area contributed by atoms with E-state index in [1.807, 2.05) is 6.92 Å². The zero-order valence-electron chi connectivity index (χ0n) is 9.60. The fourth-order valence-corrected chi connectivity index (χ4v) is 1.94. The molecule has 5 nitrogen and oxygen atoms in total. The third-order valence-electron chi connectivity index (χ3n) is 2.87. The van der Waals surface area contributed by atoms with Gasteiger partial charge in [-0.2, -0.15) is 5.26 Å². The molecule has 1 unspecified atom stereocenters. The molecule has 0 fully saturated rings. The van der Waals surface area contributed by atoms with Gasteiger partial charge in [-0.25, -0.2) is 0 Å². The molecule has 0 bridgehead atoms. The summed E-state index contributed by atoms with van der Waals surface area (Å²) in [6.45, 7) is 2.56. The van der Waals surface area contributed by atoms with E-state index < -0.39 is 0 Å². The Morgan fingerprint density at radius 1 is 1.65 bits per heavy atom. The van der Waals surface area contributed by atoms with E-state index in [0.717, 1.165) is 11.4 Å². The van der Waals surface area contributed by atoms with E-state index >= 15 is 0 Å². The van der Waals surface area contributed by atoms with Crippen molar-refractivity contribution in [1.29, 1.82) is 5.26 Å². The summed E-state index contributed by atoms with van der Waals surface area (Å²) in [4.78, 5) is 13.5. The molecule has 88 valence electrons. The first kappa shape index (κ1) is 11.4. The molecule has 1 amide bonds. The first-order valence-corrected chi connectivity index (χ1v) is 5.47. The minimum absolute atomic E-state index is 0.000146. The predicted octanol–water partition coefficient (Wildman–Crippen LogP) is 0.664. The normalized spacial score (nSPS) is 15.8. The Hall–Kier alpha value is -2.06. The van der Waals surface area contributed by atoms with E-state index in [1.54, 1.807) is 23.1 Å². The van der Waals surface area contributed by atoms with Crippen LogP contribution < -0.4 is 16.0 Å². The maximum Gasteiger partial charge on any atom is 0.246 e. The van der Waals surface area contributed by atoms with Gasteiger partial charge in [0.25, 0.3) is 0 Å². The molecule has 1 aliphatic rings. The van der Waals surface area contributed by atoms with Crippen LogP contribution in [0.1, 0.15) is 12.5 Å². The smallest absolute Gasteiger partial charge is 0.246 e. The Bertz CT molecular complexity index is 492. The monoisotopic (exact) mass is 230 g/mol. The Labute approximate surface area is 99.8 Å². The lowest BCUT2D eigenvalue weighted by Crippen LogP contribution is -2.48. The summed E-state index contributed by atoms with van der Waals surface area (Å²) < 4.78 is 0. The molecule has 5 heteroatoms. The molecule has 0 radical (unpaired) electrons. The number of nitrogens with two attached hydrogens (primary N) is 1. The highest BCUT2D eigenvalue weighted by Gasteiger charge is 2.27. The average molecular weight is 230 g/mol. The van der Waals surface area contributed by atoms with Crippen molar-refractivity contribution in [2.24, 2.45) is 5.73 Å². The Morgan fingerprint density at radius 2 is 2.41 bits per heavy atom. The summed E-state index contributed by atoms with van der Waals surface area (Å²) in [5.74, 6) is 0.000146. The fraction of sp³-hybridized carbons (Fsp3) is 0.333. The van der Waals surface area contributed by atoms with Gasteiger partial charge >= 0.3 is 0 Å². The van der Waals surface area contributed by atoms with Crippen LogP contribution in [0.3, 0.4) is 0 Å². The number of amides is 1. The van der Waals surface area contributed by atoms with Crippen molar-refractivity contribution >= 4 is 17.3 Å². The van der Waals surface area contributed by atoms with Gasteiger partial charge in [0.05, 0.1) is 29.6 Å². The Kier molecular flexibility index (Phi) is 2.98. The van der Waals surface area contributed by atoms with Crippen molar-refractivity contribution in [2.45, 2.75) is 13.0 Å². The van der Waals surface area contributed by atoms with Crippen molar-refractivity contribution in [3.63, 3.8) is 0 Å². The van der Waals surface area contributed by atoms with Crippen molar-refractivity contribution in [1.82, 2.24) is 0 Å². The standard InChI is InChI=1S/C12H14N4O/c1-8(5-13)16-11-3-2-9(6-14)4-10(11)15-7-12(16)17/h2-4,8,15H,5,7,13H2,1H3. The van der Waals surface area contributed by atoms with E-state index in [2.05, 4.69) is 11.4 Å². The van der Waals surface area contributed by atoms with Gasteiger partial charge in [-0.3, -0.25) is 4.79 Å². The number of fused-ring (bicyclic) bond motifs is 1. The number of benzene rings is 1. The minimum atomic E-state index is -0.0451. The molecule has 0 aliphatic carbocycles. The van der Waals surface area contributed by atoms with Crippen LogP contribution in [0.2, 0.25) is 0 Å². The molecule has 17 heavy (non-hydrogen) atoms. The van der Waals surface area contributed by atoms with E-state index in [-0.39, 0.29) is 18.5 Å². The van der Waals surface area contributed by atoms with E-state index in [1.165, 1.54) is 0 Å². The number of anilines is 2. The molecular weight excluding hydrogens is 216 g/mol. The SMILES string of the molecule is CC(CN)N1C(=O)CNc2cc(C#N)ccc21. The van der Waals surface area contributed by atoms with Gasteiger partial charge in [0.2, 0.25) is 5.91 Å². The lowest BCUT2D eigenvalue weighted by molar-refractivity contribution is -0.117. The van der Waals surface area contributed by atoms with Crippen LogP contribution in [0, 0.1) is 11.3 Å². The predicted molar refractivity (Wildman–Crippen MR) is 65.6 cm³/mol. The molecule has 0 aromatic heterocycles. The fourth-order valence-electron chi connectivity index (χ4n) is 1.94. The molecule has 1 atom stereocenters. The number of nitrogens with one attached hydrogen (secondary N) is 1. The molecule has 3 N–H and O–H groups in total. The zero-order valence-corrected chi connectivity index (χ0v) is 9.60. The van der Waals surface area contributed by atoms with E-state index in [9.17, 15) is 4.79 Å². The molecule has 1 aliphatic heterocycles. The number of nitriles is 1. The van der Waals surface area contributed by atoms with Crippen LogP contribution in [0.15, 0.2) is 18.2 Å². The summed E-state index contributed by atoms with van der Waals surface area (Å²) in [6.07, 6.45) is 0. The van der Waals surface area contributed by atoms with E-state index in [4.69, 9.17) is 11.0 Å². The molecule has 0 saturated carbocycles. The highest BCUT2D eigenvalue weighted by molar-refractivity contribution is 6.03. The second kappa shape index (κ2) is 4.44. The first-order chi connectivity index (χ1) is 8.17. The first-order valence-electron chi connectivity index (χ1n) is 5.47. The molecule has 0 spiro atoms. The molecule has 1 aromatic carbocycles. The van der Waals surface area contributed by atoms with Gasteiger partial charge in [0.1, 0.15) is 0 Å². The third-order valence-corrected chi connectivity index (χ3v) is 2.87. The van der Waals surface area contributed by atoms with Crippen molar-refractivity contribution in [3.8, 4) is 6.07 Å². The number of carbonyl (C=O) groups excluding carboxylic acids is 1. The van der Waals surface area contributed by atoms with Crippen molar-refractivity contribution in [3.05, 3.63) is 23.8 Å². The summed E-state index contributed by atoms with van der Waals surface area (Å²) in [5.41, 5.74) is 7.79. The average Bonchev–Trinajstić information content (AvgIpc) is 2.37. The molecule has 1 aromatic rings. The van der Waals surface area contributed by atoms with Gasteiger partial charge in [0.15, 0.2) is 0 Å². The number of nitrogens with zero attached hydrogens (tertiary/aromatic N) is 2. The van der Waals surface area contributed by atoms with Crippen LogP contribution in [0.4, 0.5) is 11.4 Å². The van der Waals surface area contributed by atoms with Crippen LogP contribution in [0.25, 0.3) is 0 Å². The molecular formula is C12H14N4O. The van der Waals surface area contributed by atoms with Gasteiger partial charge in [-0.1, -0.05) is 0 Å². The van der Waals surface area contributed by atoms with Crippen LogP contribution >= 0.6 is 0 Å². The van der Waals surface area contributed by atoms with Crippen LogP contribution in [-0.2, 0) is 4.79 Å². The Morgan fingerprint density at radius 3 is 3.06 bits per heavy atom. The number of hydrogen-bond acceptors (Lipinski definition) is 4. The maximum absolute atomic E-state index is 11.9. The molecule has 2 rings (SSSR count). The second-order valence-electron chi connectivity index (χ2n) is 4.05. The summed E-state index contributed by atoms with van der Waals surface area (Å²) >= 11 is 0. The van der Waals surface area contributed by atoms with E-state index in [0.29, 0.717) is 12.1 Å². The van der Waals surface area contributed by atoms with Crippen molar-refractivity contribution < 1.29 is 4.79 Å². The minimum Gasteiger partial charge on any atom is -0.374 e. The molecule has 1 heterocycles. The lowest BCUT2D eigenvalue weighted by atomic mass is 10.1. The topological polar surface area (TPSA) is 82.2 Å². The highest BCUT2D eigenvalue weighted by atomic mass is 16.2. The third kappa shape index (κ3) is 1.95. The van der Waals surface area contributed by atoms with Gasteiger partial charge in [0, 0.05) is 12.6 Å². The van der Waals surface area contributed by atoms with Gasteiger partial charge in [-0.05, 0) is 25.1 Å². The van der Waals surface area contributed by atoms with Crippen molar-refractivity contribution in [2.75, 3.05) is 23.3 Å². The Balaban J connectivity index is 2.46. The highest BCUT2D eigenvalue weighted by Crippen LogP contribution is 2.31. The summed E-state index contributed by atoms with van der Waals surface area (Å²) in [5, 5.41) is 11.8. The van der Waals surface area contributed by atoms with Crippen LogP contribution in [0.5, 0.6) is 0 Å². The number of rotatable bonds is 2. The zero-order chi connectivity index (χ0) is 12.4. The number of hydrogen-bond donors (Lipinski definition) is 2. The molecule has 0 saturated heterocycles. The summed E-state index contributed by atoms with van der Waals surface area (Å²) in [6, 6.07) is 7.27. The largest absolute Gasteiger partial charge is 0.374 e. The van der Waals surface area contributed by atoms with Gasteiger partial charge in [-0.15, -0.1) is 0 Å². The second-order valence-corrected chi connectivity index (χ2v) is 4.05. The van der Waals surface area contributed by atoms with Crippen LogP contribution in [-0.4, -0.2) is 25.0 Å². The van der Waals surface area contributed by atoms with Gasteiger partial charge < -0.3 is 16.0 Å². The maximum atomic E-state index is 11.9. The lowest BCUT2D eigenvalue weighted by Gasteiger charge is -2.34.